The molecule has 7 heteroatoms. The quantitative estimate of drug-likeness (QED) is 0.833. The fraction of sp³-hybridized carbons (Fsp3) is 0.200. The molecule has 0 aliphatic rings. The number of amides is 1. The number of imidazole rings is 1. The van der Waals surface area contributed by atoms with Gasteiger partial charge in [0.25, 0.3) is 0 Å². The number of carbonyl (C=O) groups is 1. The van der Waals surface area contributed by atoms with Gasteiger partial charge in [-0.1, -0.05) is 0 Å². The molecule has 0 saturated carbocycles. The lowest BCUT2D eigenvalue weighted by molar-refractivity contribution is -0.116. The molecule has 88 valence electrons. The molecule has 0 bridgehead atoms. The molecule has 2 aromatic rings. The Bertz CT molecular complexity index is 482. The fourth-order valence-electron chi connectivity index (χ4n) is 1.25. The van der Waals surface area contributed by atoms with Crippen LogP contribution < -0.4 is 5.32 Å². The molecule has 1 N–H and O–H groups in total. The van der Waals surface area contributed by atoms with E-state index in [1.807, 2.05) is 4.57 Å². The normalized spacial score (nSPS) is 10.2. The monoisotopic (exact) mass is 251 g/mol. The number of halogens is 1. The van der Waals surface area contributed by atoms with Crippen LogP contribution in [0.3, 0.4) is 0 Å². The summed E-state index contributed by atoms with van der Waals surface area (Å²) in [5.41, 5.74) is 0.532. The first-order chi connectivity index (χ1) is 8.24. The Kier molecular flexibility index (Phi) is 3.66. The van der Waals surface area contributed by atoms with Crippen molar-refractivity contribution in [3.8, 4) is 0 Å². The van der Waals surface area contributed by atoms with E-state index in [-0.39, 0.29) is 11.2 Å². The first kappa shape index (κ1) is 11.5. The molecule has 0 aliphatic carbocycles. The van der Waals surface area contributed by atoms with E-state index >= 15 is 0 Å². The molecule has 2 aromatic heterocycles. The Balaban J connectivity index is 1.83. The molecule has 0 unspecified atom stereocenters. The van der Waals surface area contributed by atoms with Gasteiger partial charge in [0, 0.05) is 25.4 Å². The minimum absolute atomic E-state index is 0.107. The van der Waals surface area contributed by atoms with Crippen molar-refractivity contribution in [1.29, 1.82) is 0 Å². The van der Waals surface area contributed by atoms with E-state index in [0.717, 1.165) is 0 Å². The minimum Gasteiger partial charge on any atom is -0.337 e. The lowest BCUT2D eigenvalue weighted by Gasteiger charge is -2.04. The topological polar surface area (TPSA) is 72.7 Å². The van der Waals surface area contributed by atoms with Gasteiger partial charge in [0.15, 0.2) is 0 Å². The van der Waals surface area contributed by atoms with Crippen molar-refractivity contribution in [3.63, 3.8) is 0 Å². The highest BCUT2D eigenvalue weighted by Gasteiger charge is 2.03. The summed E-state index contributed by atoms with van der Waals surface area (Å²) in [6.07, 6.45) is 8.43. The van der Waals surface area contributed by atoms with E-state index in [9.17, 15) is 4.79 Å². The van der Waals surface area contributed by atoms with Crippen molar-refractivity contribution in [2.24, 2.45) is 0 Å². The Hall–Kier alpha value is -1.95. The van der Waals surface area contributed by atoms with Crippen LogP contribution in [0.5, 0.6) is 0 Å². The Labute approximate surface area is 103 Å². The second-order valence-electron chi connectivity index (χ2n) is 3.34. The minimum atomic E-state index is -0.107. The fourth-order valence-corrected chi connectivity index (χ4v) is 1.35. The van der Waals surface area contributed by atoms with E-state index in [1.54, 1.807) is 18.7 Å². The number of hydrogen-bond donors (Lipinski definition) is 1. The van der Waals surface area contributed by atoms with Gasteiger partial charge in [0.2, 0.25) is 11.2 Å². The molecular formula is C10H10ClN5O. The van der Waals surface area contributed by atoms with Gasteiger partial charge < -0.3 is 9.88 Å². The zero-order valence-electron chi connectivity index (χ0n) is 8.88. The van der Waals surface area contributed by atoms with Crippen LogP contribution in [0.15, 0.2) is 31.1 Å². The molecule has 1 amide bonds. The van der Waals surface area contributed by atoms with Crippen molar-refractivity contribution in [3.05, 3.63) is 36.4 Å². The van der Waals surface area contributed by atoms with Gasteiger partial charge in [-0.25, -0.2) is 15.0 Å². The van der Waals surface area contributed by atoms with Crippen LogP contribution in [0, 0.1) is 0 Å². The van der Waals surface area contributed by atoms with Crippen molar-refractivity contribution in [2.75, 3.05) is 5.32 Å². The summed E-state index contributed by atoms with van der Waals surface area (Å²) in [4.78, 5) is 23.0. The molecule has 0 fully saturated rings. The molecule has 2 heterocycles. The number of hydrogen-bond acceptors (Lipinski definition) is 4. The number of carbonyl (C=O) groups excluding carboxylic acids is 1. The van der Waals surface area contributed by atoms with Gasteiger partial charge in [-0.15, -0.1) is 0 Å². The number of aromatic nitrogens is 4. The maximum absolute atomic E-state index is 11.6. The van der Waals surface area contributed by atoms with Gasteiger partial charge in [-0.2, -0.15) is 0 Å². The van der Waals surface area contributed by atoms with E-state index in [0.29, 0.717) is 18.7 Å². The molecule has 0 aliphatic heterocycles. The van der Waals surface area contributed by atoms with E-state index < -0.39 is 0 Å². The standard InChI is InChI=1S/C10H10ClN5O/c11-10-13-5-8(6-14-10)15-9(17)1-3-16-4-2-12-7-16/h2,4-7H,1,3H2,(H,15,17). The maximum atomic E-state index is 11.6. The number of nitrogens with zero attached hydrogens (tertiary/aromatic N) is 4. The molecule has 6 nitrogen and oxygen atoms in total. The van der Waals surface area contributed by atoms with Crippen molar-refractivity contribution in [1.82, 2.24) is 19.5 Å². The molecule has 0 radical (unpaired) electrons. The SMILES string of the molecule is O=C(CCn1ccnc1)Nc1cnc(Cl)nc1. The van der Waals surface area contributed by atoms with Crippen LogP contribution in [0.1, 0.15) is 6.42 Å². The third kappa shape index (κ3) is 3.53. The number of anilines is 1. The molecular weight excluding hydrogens is 242 g/mol. The average molecular weight is 252 g/mol. The summed E-state index contributed by atoms with van der Waals surface area (Å²) in [5.74, 6) is -0.107. The van der Waals surface area contributed by atoms with Gasteiger partial charge in [-0.3, -0.25) is 4.79 Å². The summed E-state index contributed by atoms with van der Waals surface area (Å²) in [6.45, 7) is 0.584. The Morgan fingerprint density at radius 2 is 2.18 bits per heavy atom. The molecule has 0 spiro atoms. The van der Waals surface area contributed by atoms with E-state index in [2.05, 4.69) is 20.3 Å². The van der Waals surface area contributed by atoms with E-state index in [1.165, 1.54) is 12.4 Å². The Morgan fingerprint density at radius 3 is 2.82 bits per heavy atom. The van der Waals surface area contributed by atoms with Crippen molar-refractivity contribution < 1.29 is 4.79 Å². The first-order valence-corrected chi connectivity index (χ1v) is 5.35. The van der Waals surface area contributed by atoms with Crippen LogP contribution in [0.2, 0.25) is 5.28 Å². The highest BCUT2D eigenvalue weighted by atomic mass is 35.5. The highest BCUT2D eigenvalue weighted by molar-refractivity contribution is 6.28. The van der Waals surface area contributed by atoms with Gasteiger partial charge in [0.05, 0.1) is 24.4 Å². The predicted octanol–water partition coefficient (Wildman–Crippen LogP) is 1.36. The summed E-state index contributed by atoms with van der Waals surface area (Å²) in [6, 6.07) is 0. The number of nitrogens with one attached hydrogen (secondary N) is 1. The third-order valence-corrected chi connectivity index (χ3v) is 2.26. The van der Waals surface area contributed by atoms with Gasteiger partial charge in [-0.05, 0) is 11.6 Å². The second-order valence-corrected chi connectivity index (χ2v) is 3.68. The Morgan fingerprint density at radius 1 is 1.41 bits per heavy atom. The lowest BCUT2D eigenvalue weighted by atomic mass is 10.4. The van der Waals surface area contributed by atoms with Gasteiger partial charge in [0.1, 0.15) is 0 Å². The smallest absolute Gasteiger partial charge is 0.226 e. The molecule has 17 heavy (non-hydrogen) atoms. The van der Waals surface area contributed by atoms with Crippen LogP contribution in [-0.4, -0.2) is 25.4 Å². The average Bonchev–Trinajstić information content (AvgIpc) is 2.83. The molecule has 0 atom stereocenters. The zero-order valence-corrected chi connectivity index (χ0v) is 9.63. The number of aryl methyl sites for hydroxylation is 1. The van der Waals surface area contributed by atoms with Crippen LogP contribution >= 0.6 is 11.6 Å². The summed E-state index contributed by atoms with van der Waals surface area (Å²) in [7, 11) is 0. The highest BCUT2D eigenvalue weighted by Crippen LogP contribution is 2.06. The van der Waals surface area contributed by atoms with Crippen LogP contribution in [0.25, 0.3) is 0 Å². The zero-order chi connectivity index (χ0) is 12.1. The second kappa shape index (κ2) is 5.40. The first-order valence-electron chi connectivity index (χ1n) is 4.97. The van der Waals surface area contributed by atoms with Crippen molar-refractivity contribution >= 4 is 23.2 Å². The summed E-state index contributed by atoms with van der Waals surface area (Å²) in [5, 5.41) is 2.83. The van der Waals surface area contributed by atoms with Gasteiger partial charge >= 0.3 is 0 Å². The number of rotatable bonds is 4. The maximum Gasteiger partial charge on any atom is 0.226 e. The van der Waals surface area contributed by atoms with Crippen molar-refractivity contribution in [2.45, 2.75) is 13.0 Å². The van der Waals surface area contributed by atoms with Crippen LogP contribution in [0.4, 0.5) is 5.69 Å². The lowest BCUT2D eigenvalue weighted by Crippen LogP contribution is -2.14. The molecule has 0 saturated heterocycles. The largest absolute Gasteiger partial charge is 0.337 e. The third-order valence-electron chi connectivity index (χ3n) is 2.06. The summed E-state index contributed by atoms with van der Waals surface area (Å²) >= 11 is 5.53. The molecule has 2 rings (SSSR count). The van der Waals surface area contributed by atoms with E-state index in [4.69, 9.17) is 11.6 Å². The predicted molar refractivity (Wildman–Crippen MR) is 62.5 cm³/mol. The summed E-state index contributed by atoms with van der Waals surface area (Å²) < 4.78 is 1.83. The van der Waals surface area contributed by atoms with Crippen LogP contribution in [-0.2, 0) is 11.3 Å². The molecule has 0 aromatic carbocycles.